The molecule has 0 aromatic heterocycles. The summed E-state index contributed by atoms with van der Waals surface area (Å²) in [5, 5.41) is 17.2. The van der Waals surface area contributed by atoms with Crippen LogP contribution < -0.4 is 0 Å². The van der Waals surface area contributed by atoms with Gasteiger partial charge in [-0.25, -0.2) is 0 Å². The summed E-state index contributed by atoms with van der Waals surface area (Å²) in [5.41, 5.74) is 0. The molecule has 2 atom stereocenters. The molecule has 0 saturated carbocycles. The summed E-state index contributed by atoms with van der Waals surface area (Å²) in [5.74, 6) is 0. The maximum atomic E-state index is 8.59. The third-order valence-electron chi connectivity index (χ3n) is 4.23. The van der Waals surface area contributed by atoms with Crippen molar-refractivity contribution in [3.8, 4) is 0 Å². The van der Waals surface area contributed by atoms with Crippen LogP contribution in [0.5, 0.6) is 0 Å². The molecule has 5 heteroatoms. The van der Waals surface area contributed by atoms with Crippen molar-refractivity contribution in [1.82, 2.24) is 0 Å². The fourth-order valence-corrected chi connectivity index (χ4v) is 2.47. The molecule has 144 valence electrons. The van der Waals surface area contributed by atoms with Crippen LogP contribution in [0.25, 0.3) is 0 Å². The smallest absolute Gasteiger partial charge is 0.104 e. The standard InChI is InChI=1S/C13H28O2.C6H10O3/c14-12-10-8-6-4-2-1-3-5-7-9-11-13-15;1(5-3-8-5)7-2-6-4-9-6/h14-15H,1-13H2;5-6H,1-4H2. The van der Waals surface area contributed by atoms with Gasteiger partial charge in [0.2, 0.25) is 0 Å². The molecule has 0 aliphatic carbocycles. The van der Waals surface area contributed by atoms with Gasteiger partial charge in [0.1, 0.15) is 12.2 Å². The van der Waals surface area contributed by atoms with Gasteiger partial charge in [0.15, 0.2) is 0 Å². The van der Waals surface area contributed by atoms with E-state index in [-0.39, 0.29) is 0 Å². The van der Waals surface area contributed by atoms with Crippen LogP contribution in [0.3, 0.4) is 0 Å². The zero-order valence-electron chi connectivity index (χ0n) is 15.3. The van der Waals surface area contributed by atoms with Crippen molar-refractivity contribution in [3.63, 3.8) is 0 Å². The first-order valence-corrected chi connectivity index (χ1v) is 9.89. The van der Waals surface area contributed by atoms with E-state index in [2.05, 4.69) is 0 Å². The van der Waals surface area contributed by atoms with Crippen LogP contribution in [0.1, 0.15) is 70.6 Å². The lowest BCUT2D eigenvalue weighted by molar-refractivity contribution is 0.102. The lowest BCUT2D eigenvalue weighted by Crippen LogP contribution is -2.06. The van der Waals surface area contributed by atoms with Crippen molar-refractivity contribution in [2.45, 2.75) is 82.8 Å². The van der Waals surface area contributed by atoms with Gasteiger partial charge in [-0.3, -0.25) is 0 Å². The maximum Gasteiger partial charge on any atom is 0.104 e. The van der Waals surface area contributed by atoms with Gasteiger partial charge in [-0.1, -0.05) is 57.8 Å². The van der Waals surface area contributed by atoms with Crippen LogP contribution in [0.2, 0.25) is 0 Å². The summed E-state index contributed by atoms with van der Waals surface area (Å²) in [4.78, 5) is 0. The molecule has 2 fully saturated rings. The third-order valence-corrected chi connectivity index (χ3v) is 4.23. The number of hydrogen-bond donors (Lipinski definition) is 2. The zero-order valence-corrected chi connectivity index (χ0v) is 15.3. The van der Waals surface area contributed by atoms with Crippen LogP contribution in [-0.2, 0) is 14.2 Å². The molecule has 2 heterocycles. The molecular formula is C19H38O5. The topological polar surface area (TPSA) is 74.8 Å². The molecule has 0 aromatic rings. The minimum atomic E-state index is 0.352. The largest absolute Gasteiger partial charge is 0.396 e. The number of hydrogen-bond acceptors (Lipinski definition) is 5. The average molecular weight is 347 g/mol. The minimum Gasteiger partial charge on any atom is -0.396 e. The highest BCUT2D eigenvalue weighted by atomic mass is 16.6. The van der Waals surface area contributed by atoms with Crippen LogP contribution in [0, 0.1) is 0 Å². The molecule has 0 aromatic carbocycles. The zero-order chi connectivity index (χ0) is 17.3. The number of unbranched alkanes of at least 4 members (excludes halogenated alkanes) is 10. The van der Waals surface area contributed by atoms with Crippen LogP contribution >= 0.6 is 0 Å². The quantitative estimate of drug-likeness (QED) is 0.332. The van der Waals surface area contributed by atoms with Gasteiger partial charge in [0.25, 0.3) is 0 Å². The number of aliphatic hydroxyl groups is 2. The van der Waals surface area contributed by atoms with Gasteiger partial charge in [-0.05, 0) is 12.8 Å². The second kappa shape index (κ2) is 16.3. The van der Waals surface area contributed by atoms with E-state index in [1.54, 1.807) is 0 Å². The molecule has 2 saturated heterocycles. The first-order valence-electron chi connectivity index (χ1n) is 9.89. The summed E-state index contributed by atoms with van der Waals surface area (Å²) in [7, 11) is 0. The fraction of sp³-hybridized carbons (Fsp3) is 1.00. The Hall–Kier alpha value is -0.200. The highest BCUT2D eigenvalue weighted by Gasteiger charge is 2.26. The normalized spacial score (nSPS) is 21.2. The van der Waals surface area contributed by atoms with Crippen molar-refractivity contribution in [2.24, 2.45) is 0 Å². The second-order valence-corrected chi connectivity index (χ2v) is 6.78. The summed E-state index contributed by atoms with van der Waals surface area (Å²) >= 11 is 0. The van der Waals surface area contributed by atoms with E-state index in [1.165, 1.54) is 57.8 Å². The number of aliphatic hydroxyl groups excluding tert-OH is 2. The van der Waals surface area contributed by atoms with E-state index in [1.807, 2.05) is 0 Å². The van der Waals surface area contributed by atoms with Crippen LogP contribution in [-0.4, -0.2) is 62.1 Å². The third kappa shape index (κ3) is 16.7. The van der Waals surface area contributed by atoms with Gasteiger partial charge in [0, 0.05) is 13.2 Å². The van der Waals surface area contributed by atoms with Crippen molar-refractivity contribution < 1.29 is 24.4 Å². The molecule has 0 amide bonds. The molecule has 0 spiro atoms. The highest BCUT2D eigenvalue weighted by Crippen LogP contribution is 2.12. The van der Waals surface area contributed by atoms with Gasteiger partial charge < -0.3 is 24.4 Å². The fourth-order valence-electron chi connectivity index (χ4n) is 2.47. The molecule has 5 nitrogen and oxygen atoms in total. The Balaban J connectivity index is 0.000000267. The molecule has 2 aliphatic rings. The Bertz CT molecular complexity index is 230. The van der Waals surface area contributed by atoms with Gasteiger partial charge in [-0.15, -0.1) is 0 Å². The average Bonchev–Trinajstić information content (AvgIpc) is 3.49. The molecule has 0 radical (unpaired) electrons. The second-order valence-electron chi connectivity index (χ2n) is 6.78. The Morgan fingerprint density at radius 2 is 0.875 bits per heavy atom. The Morgan fingerprint density at radius 1 is 0.583 bits per heavy atom. The van der Waals surface area contributed by atoms with Crippen LogP contribution in [0.15, 0.2) is 0 Å². The van der Waals surface area contributed by atoms with Gasteiger partial charge >= 0.3 is 0 Å². The maximum absolute atomic E-state index is 8.59. The number of epoxide rings is 2. The first-order chi connectivity index (χ1) is 11.9. The van der Waals surface area contributed by atoms with E-state index < -0.39 is 0 Å². The molecular weight excluding hydrogens is 308 g/mol. The Morgan fingerprint density at radius 3 is 1.12 bits per heavy atom. The molecule has 24 heavy (non-hydrogen) atoms. The van der Waals surface area contributed by atoms with E-state index in [0.717, 1.165) is 39.3 Å². The van der Waals surface area contributed by atoms with Gasteiger partial charge in [-0.2, -0.15) is 0 Å². The predicted molar refractivity (Wildman–Crippen MR) is 95.3 cm³/mol. The van der Waals surface area contributed by atoms with Crippen LogP contribution in [0.4, 0.5) is 0 Å². The van der Waals surface area contributed by atoms with Gasteiger partial charge in [0.05, 0.1) is 26.4 Å². The van der Waals surface area contributed by atoms with E-state index in [0.29, 0.717) is 25.4 Å². The lowest BCUT2D eigenvalue weighted by Gasteiger charge is -2.01. The van der Waals surface area contributed by atoms with Crippen molar-refractivity contribution in [2.75, 3.05) is 39.6 Å². The molecule has 2 N–H and O–H groups in total. The SMILES string of the molecule is C(OCC1CO1)C1CO1.OCCCCCCCCCCCCCO. The lowest BCUT2D eigenvalue weighted by atomic mass is 10.1. The minimum absolute atomic E-state index is 0.352. The number of rotatable bonds is 16. The van der Waals surface area contributed by atoms with E-state index in [9.17, 15) is 0 Å². The predicted octanol–water partition coefficient (Wildman–Crippen LogP) is 3.06. The van der Waals surface area contributed by atoms with Crippen molar-refractivity contribution in [1.29, 1.82) is 0 Å². The molecule has 0 bridgehead atoms. The monoisotopic (exact) mass is 346 g/mol. The van der Waals surface area contributed by atoms with Crippen molar-refractivity contribution in [3.05, 3.63) is 0 Å². The first kappa shape index (κ1) is 21.8. The van der Waals surface area contributed by atoms with Crippen molar-refractivity contribution >= 4 is 0 Å². The summed E-state index contributed by atoms with van der Waals surface area (Å²) in [6, 6.07) is 0. The molecule has 2 unspecified atom stereocenters. The van der Waals surface area contributed by atoms with E-state index in [4.69, 9.17) is 24.4 Å². The Labute approximate surface area is 147 Å². The molecule has 2 aliphatic heterocycles. The summed E-state index contributed by atoms with van der Waals surface area (Å²) < 4.78 is 15.1. The Kier molecular flexibility index (Phi) is 14.8. The summed E-state index contributed by atoms with van der Waals surface area (Å²) in [6.07, 6.45) is 14.4. The van der Waals surface area contributed by atoms with E-state index >= 15 is 0 Å². The summed E-state index contributed by atoms with van der Waals surface area (Å²) in [6.45, 7) is 3.96. The number of ether oxygens (including phenoxy) is 3. The highest BCUT2D eigenvalue weighted by molar-refractivity contribution is 4.71. The molecule has 2 rings (SSSR count).